The normalized spacial score (nSPS) is 15.6. The van der Waals surface area contributed by atoms with Crippen LogP contribution < -0.4 is 21.3 Å². The smallest absolute Gasteiger partial charge is 0.229 e. The second-order valence-corrected chi connectivity index (χ2v) is 19.6. The highest BCUT2D eigenvalue weighted by Gasteiger charge is 2.26. The summed E-state index contributed by atoms with van der Waals surface area (Å²) in [5, 5.41) is 12.9. The van der Waals surface area contributed by atoms with Gasteiger partial charge in [-0.1, -0.05) is 12.1 Å². The lowest BCUT2D eigenvalue weighted by molar-refractivity contribution is 0.399. The predicted octanol–water partition coefficient (Wildman–Crippen LogP) is 10.9. The topological polar surface area (TPSA) is 161 Å². The molecule has 6 aromatic heterocycles. The molecule has 0 spiro atoms. The van der Waals surface area contributed by atoms with E-state index in [1.54, 1.807) is 12.1 Å². The summed E-state index contributed by atoms with van der Waals surface area (Å²) < 4.78 is 63.5. The van der Waals surface area contributed by atoms with Gasteiger partial charge in [-0.15, -0.1) is 24.8 Å². The molecule has 2 aliphatic heterocycles. The number of fused-ring (bicyclic) bond motifs is 4. The first kappa shape index (κ1) is 51.5. The van der Waals surface area contributed by atoms with Crippen LogP contribution in [0.3, 0.4) is 0 Å². The minimum Gasteiger partial charge on any atom is -0.323 e. The van der Waals surface area contributed by atoms with E-state index in [1.165, 1.54) is 12.1 Å². The molecule has 0 bridgehead atoms. The molecule has 0 unspecified atom stereocenters. The van der Waals surface area contributed by atoms with E-state index in [-0.39, 0.29) is 70.2 Å². The summed E-state index contributed by atoms with van der Waals surface area (Å²) in [5.74, 6) is 0.581. The molecule has 10 rings (SSSR count). The zero-order valence-corrected chi connectivity index (χ0v) is 42.2. The van der Waals surface area contributed by atoms with Crippen molar-refractivity contribution in [3.8, 4) is 22.5 Å². The number of hydrogen-bond acceptors (Lipinski definition) is 12. The van der Waals surface area contributed by atoms with Gasteiger partial charge in [-0.2, -0.15) is 0 Å². The number of aromatic nitrogens is 10. The van der Waals surface area contributed by atoms with Crippen LogP contribution in [0.1, 0.15) is 89.6 Å². The van der Waals surface area contributed by atoms with E-state index in [0.29, 0.717) is 57.5 Å². The average molecular weight is 1000 g/mol. The van der Waals surface area contributed by atoms with Gasteiger partial charge in [0, 0.05) is 71.6 Å². The van der Waals surface area contributed by atoms with Crippen LogP contribution >= 0.6 is 24.8 Å². The molecule has 2 atom stereocenters. The van der Waals surface area contributed by atoms with Crippen molar-refractivity contribution in [1.82, 2.24) is 59.6 Å². The Morgan fingerprint density at radius 2 is 0.929 bits per heavy atom. The molecule has 20 heteroatoms. The molecule has 0 saturated heterocycles. The Hall–Kier alpha value is -6.34. The molecule has 8 heterocycles. The number of hydrogen-bond donors (Lipinski definition) is 4. The molecule has 0 aliphatic carbocycles. The maximum Gasteiger partial charge on any atom is 0.229 e. The monoisotopic (exact) mass is 998 g/mol. The number of imidazole rings is 2. The molecule has 0 fully saturated rings. The van der Waals surface area contributed by atoms with Crippen molar-refractivity contribution in [2.45, 2.75) is 118 Å². The van der Waals surface area contributed by atoms with Gasteiger partial charge in [-0.05, 0) is 117 Å². The maximum atomic E-state index is 15.0. The van der Waals surface area contributed by atoms with E-state index < -0.39 is 23.3 Å². The van der Waals surface area contributed by atoms with E-state index in [4.69, 9.17) is 0 Å². The van der Waals surface area contributed by atoms with E-state index >= 15 is 8.78 Å². The van der Waals surface area contributed by atoms with Gasteiger partial charge >= 0.3 is 0 Å². The fraction of sp³-hybridized carbons (Fsp3) is 0.360. The third kappa shape index (κ3) is 10.4. The van der Waals surface area contributed by atoms with Crippen LogP contribution in [-0.4, -0.2) is 61.1 Å². The summed E-state index contributed by atoms with van der Waals surface area (Å²) in [6, 6.07) is 14.4. The standard InChI is InChI=1S/2C25H27F2N7.2ClH/c2*1-13-8-19-15(11-28-13)6-7-21(31-19)32-24-29-12-18(27)22(33-24)16-9-17(26)23-20(10-16)34(14(2)30-23)25(3,4)5;;/h2*6-7,9-10,12-13,28H,8,11H2,1-5H3,(H,29,31,32,33);2*1H/t2*13-;;/m10../s1. The van der Waals surface area contributed by atoms with E-state index in [2.05, 4.69) is 75.0 Å². The zero-order chi connectivity index (χ0) is 48.4. The van der Waals surface area contributed by atoms with Gasteiger partial charge in [0.2, 0.25) is 11.9 Å². The van der Waals surface area contributed by atoms with Crippen molar-refractivity contribution in [3.63, 3.8) is 0 Å². The van der Waals surface area contributed by atoms with Crippen molar-refractivity contribution in [1.29, 1.82) is 0 Å². The SMILES string of the molecule is Cc1nc2c(F)cc(-c3nc(Nc4ccc5c(n4)C[C@@H](C)NC5)ncc3F)cc2n1C(C)(C)C.Cc1nc2c(F)cc(-c3nc(Nc4ccc5c(n4)C[C@H](C)NC5)ncc3F)cc2n1C(C)(C)C.Cl.Cl. The number of benzene rings is 2. The van der Waals surface area contributed by atoms with Crippen LogP contribution in [0, 0.1) is 37.1 Å². The summed E-state index contributed by atoms with van der Waals surface area (Å²) in [4.78, 5) is 35.0. The van der Waals surface area contributed by atoms with Crippen LogP contribution in [0.15, 0.2) is 60.9 Å². The molecule has 2 aliphatic rings. The fourth-order valence-electron chi connectivity index (χ4n) is 9.13. The van der Waals surface area contributed by atoms with E-state index in [9.17, 15) is 8.78 Å². The Kier molecular flexibility index (Phi) is 14.6. The van der Waals surface area contributed by atoms with Crippen molar-refractivity contribution in [2.24, 2.45) is 0 Å². The molecule has 4 N–H and O–H groups in total. The Labute approximate surface area is 415 Å². The van der Waals surface area contributed by atoms with Gasteiger partial charge in [-0.25, -0.2) is 57.4 Å². The molecule has 0 amide bonds. The van der Waals surface area contributed by atoms with Crippen molar-refractivity contribution in [2.75, 3.05) is 10.6 Å². The molecule has 70 heavy (non-hydrogen) atoms. The zero-order valence-electron chi connectivity index (χ0n) is 40.6. The Bertz CT molecular complexity index is 3040. The van der Waals surface area contributed by atoms with Crippen LogP contribution in [0.25, 0.3) is 44.6 Å². The first-order valence-corrected chi connectivity index (χ1v) is 22.6. The third-order valence-electron chi connectivity index (χ3n) is 12.0. The van der Waals surface area contributed by atoms with Crippen molar-refractivity contribution in [3.05, 3.63) is 118 Å². The fourth-order valence-corrected chi connectivity index (χ4v) is 9.13. The molecule has 0 radical (unpaired) electrons. The van der Waals surface area contributed by atoms with Gasteiger partial charge in [0.1, 0.15) is 45.7 Å². The number of halogens is 6. The van der Waals surface area contributed by atoms with Gasteiger partial charge in [0.25, 0.3) is 0 Å². The number of nitrogens with zero attached hydrogens (tertiary/aromatic N) is 10. The summed E-state index contributed by atoms with van der Waals surface area (Å²) in [6.07, 6.45) is 3.81. The number of rotatable bonds is 6. The molecule has 2 aromatic carbocycles. The Morgan fingerprint density at radius 1 is 0.543 bits per heavy atom. The highest BCUT2D eigenvalue weighted by Crippen LogP contribution is 2.34. The number of nitrogens with one attached hydrogen (secondary N) is 4. The van der Waals surface area contributed by atoms with Crippen LogP contribution in [-0.2, 0) is 37.0 Å². The summed E-state index contributed by atoms with van der Waals surface area (Å²) in [7, 11) is 0. The van der Waals surface area contributed by atoms with Gasteiger partial charge in [0.05, 0.1) is 23.4 Å². The van der Waals surface area contributed by atoms with Crippen LogP contribution in [0.2, 0.25) is 0 Å². The van der Waals surface area contributed by atoms with Crippen molar-refractivity contribution < 1.29 is 17.6 Å². The highest BCUT2D eigenvalue weighted by molar-refractivity contribution is 5.86. The summed E-state index contributed by atoms with van der Waals surface area (Å²) in [5.41, 5.74) is 6.01. The number of pyridine rings is 2. The Morgan fingerprint density at radius 3 is 1.30 bits per heavy atom. The molecule has 0 saturated carbocycles. The van der Waals surface area contributed by atoms with Gasteiger partial charge in [0.15, 0.2) is 23.3 Å². The lowest BCUT2D eigenvalue weighted by Crippen LogP contribution is -2.33. The molecular formula is C50H56Cl2F4N14. The summed E-state index contributed by atoms with van der Waals surface area (Å²) in [6.45, 7) is 21.5. The Balaban J connectivity index is 0.000000201. The van der Waals surface area contributed by atoms with Crippen LogP contribution in [0.5, 0.6) is 0 Å². The number of anilines is 4. The first-order valence-electron chi connectivity index (χ1n) is 22.6. The molecule has 14 nitrogen and oxygen atoms in total. The third-order valence-corrected chi connectivity index (χ3v) is 12.0. The van der Waals surface area contributed by atoms with Gasteiger partial charge < -0.3 is 30.4 Å². The quantitative estimate of drug-likeness (QED) is 0.117. The van der Waals surface area contributed by atoms with E-state index in [1.807, 2.05) is 88.8 Å². The van der Waals surface area contributed by atoms with Crippen LogP contribution in [0.4, 0.5) is 41.1 Å². The molecular weight excluding hydrogens is 944 g/mol. The summed E-state index contributed by atoms with van der Waals surface area (Å²) >= 11 is 0. The van der Waals surface area contributed by atoms with Crippen molar-refractivity contribution >= 4 is 70.4 Å². The second kappa shape index (κ2) is 19.8. The minimum atomic E-state index is -0.638. The minimum absolute atomic E-state index is 0. The first-order chi connectivity index (χ1) is 32.2. The number of aryl methyl sites for hydroxylation is 2. The van der Waals surface area contributed by atoms with E-state index in [0.717, 1.165) is 60.8 Å². The van der Waals surface area contributed by atoms with Gasteiger partial charge in [-0.3, -0.25) is 0 Å². The molecule has 8 aromatic rings. The molecule has 368 valence electrons. The maximum absolute atomic E-state index is 15.0. The lowest BCUT2D eigenvalue weighted by Gasteiger charge is -2.24. The largest absolute Gasteiger partial charge is 0.323 e. The lowest BCUT2D eigenvalue weighted by atomic mass is 10.0. The average Bonchev–Trinajstić information content (AvgIpc) is 3.81. The predicted molar refractivity (Wildman–Crippen MR) is 270 cm³/mol. The second-order valence-electron chi connectivity index (χ2n) is 19.6. The highest BCUT2D eigenvalue weighted by atomic mass is 35.5.